The number of anilines is 1. The van der Waals surface area contributed by atoms with Gasteiger partial charge in [-0.15, -0.1) is 0 Å². The van der Waals surface area contributed by atoms with Crippen molar-refractivity contribution in [1.29, 1.82) is 0 Å². The minimum absolute atomic E-state index is 0.0862. The Hall–Kier alpha value is -4.01. The van der Waals surface area contributed by atoms with E-state index in [1.54, 1.807) is 45.0 Å². The fourth-order valence-corrected chi connectivity index (χ4v) is 2.88. The SMILES string of the molecule is CCOC(=O)c1nn(-c2ccccc2C)c(=O)cc1OCC(=O)Nc1ccc(C)c(F)c1. The highest BCUT2D eigenvalue weighted by Crippen LogP contribution is 2.18. The smallest absolute Gasteiger partial charge is 0.362 e. The number of carbonyl (C=O) groups excluding carboxylic acids is 2. The molecule has 0 saturated carbocycles. The predicted octanol–water partition coefficient (Wildman–Crippen LogP) is 3.18. The van der Waals surface area contributed by atoms with Crippen LogP contribution in [-0.4, -0.2) is 34.9 Å². The summed E-state index contributed by atoms with van der Waals surface area (Å²) in [5.74, 6) is -2.06. The van der Waals surface area contributed by atoms with Crippen LogP contribution in [0.1, 0.15) is 28.5 Å². The molecule has 3 aromatic rings. The van der Waals surface area contributed by atoms with Crippen LogP contribution in [-0.2, 0) is 9.53 Å². The topological polar surface area (TPSA) is 99.5 Å². The molecule has 1 N–H and O–H groups in total. The normalized spacial score (nSPS) is 10.5. The number of hydrogen-bond donors (Lipinski definition) is 1. The summed E-state index contributed by atoms with van der Waals surface area (Å²) >= 11 is 0. The lowest BCUT2D eigenvalue weighted by Gasteiger charge is -2.13. The number of nitrogens with zero attached hydrogens (tertiary/aromatic N) is 2. The Morgan fingerprint density at radius 2 is 1.84 bits per heavy atom. The third-order valence-corrected chi connectivity index (χ3v) is 4.52. The van der Waals surface area contributed by atoms with Crippen molar-refractivity contribution in [2.45, 2.75) is 20.8 Å². The van der Waals surface area contributed by atoms with Crippen LogP contribution in [0.5, 0.6) is 5.75 Å². The van der Waals surface area contributed by atoms with E-state index in [9.17, 15) is 18.8 Å². The molecule has 0 unspecified atom stereocenters. The van der Waals surface area contributed by atoms with Crippen LogP contribution >= 0.6 is 0 Å². The standard InChI is InChI=1S/C23H22FN3O5/c1-4-31-23(30)22-19(12-21(29)27(26-22)18-8-6-5-7-15(18)3)32-13-20(28)25-16-10-9-14(2)17(24)11-16/h5-12H,4,13H2,1-3H3,(H,25,28). The maximum atomic E-state index is 13.7. The highest BCUT2D eigenvalue weighted by molar-refractivity contribution is 5.93. The fraction of sp³-hybridized carbons (Fsp3) is 0.217. The Morgan fingerprint density at radius 1 is 1.09 bits per heavy atom. The molecule has 166 valence electrons. The third kappa shape index (κ3) is 5.18. The van der Waals surface area contributed by atoms with E-state index in [0.29, 0.717) is 11.3 Å². The Bertz CT molecular complexity index is 1220. The number of para-hydroxylation sites is 1. The van der Waals surface area contributed by atoms with Gasteiger partial charge in [0, 0.05) is 5.69 Å². The van der Waals surface area contributed by atoms with Gasteiger partial charge in [-0.3, -0.25) is 9.59 Å². The molecule has 0 atom stereocenters. The summed E-state index contributed by atoms with van der Waals surface area (Å²) in [7, 11) is 0. The van der Waals surface area contributed by atoms with E-state index in [1.807, 2.05) is 6.07 Å². The molecule has 0 saturated heterocycles. The summed E-state index contributed by atoms with van der Waals surface area (Å²) in [6.07, 6.45) is 0. The molecule has 8 nitrogen and oxygen atoms in total. The van der Waals surface area contributed by atoms with Crippen molar-refractivity contribution in [2.75, 3.05) is 18.5 Å². The first kappa shape index (κ1) is 22.7. The molecule has 1 aromatic heterocycles. The Morgan fingerprint density at radius 3 is 2.53 bits per heavy atom. The highest BCUT2D eigenvalue weighted by Gasteiger charge is 2.21. The van der Waals surface area contributed by atoms with Gasteiger partial charge in [0.2, 0.25) is 5.69 Å². The van der Waals surface area contributed by atoms with Crippen LogP contribution in [0, 0.1) is 19.7 Å². The molecule has 1 heterocycles. The molecular formula is C23H22FN3O5. The van der Waals surface area contributed by atoms with Crippen LogP contribution in [0.15, 0.2) is 53.3 Å². The molecule has 32 heavy (non-hydrogen) atoms. The van der Waals surface area contributed by atoms with E-state index in [1.165, 1.54) is 12.1 Å². The maximum Gasteiger partial charge on any atom is 0.362 e. The Balaban J connectivity index is 1.86. The van der Waals surface area contributed by atoms with Crippen LogP contribution in [0.4, 0.5) is 10.1 Å². The summed E-state index contributed by atoms with van der Waals surface area (Å²) in [6.45, 7) is 4.59. The minimum atomic E-state index is -0.800. The first-order valence-corrected chi connectivity index (χ1v) is 9.86. The van der Waals surface area contributed by atoms with Gasteiger partial charge >= 0.3 is 5.97 Å². The van der Waals surface area contributed by atoms with E-state index in [2.05, 4.69) is 10.4 Å². The third-order valence-electron chi connectivity index (χ3n) is 4.52. The van der Waals surface area contributed by atoms with E-state index in [0.717, 1.165) is 16.3 Å². The number of halogens is 1. The molecule has 1 amide bonds. The summed E-state index contributed by atoms with van der Waals surface area (Å²) in [4.78, 5) is 37.3. The van der Waals surface area contributed by atoms with Gasteiger partial charge in [0.15, 0.2) is 12.4 Å². The molecule has 0 fully saturated rings. The van der Waals surface area contributed by atoms with Crippen LogP contribution in [0.25, 0.3) is 5.69 Å². The molecule has 3 rings (SSSR count). The minimum Gasteiger partial charge on any atom is -0.481 e. The molecule has 9 heteroatoms. The molecular weight excluding hydrogens is 417 g/mol. The first-order chi connectivity index (χ1) is 15.3. The highest BCUT2D eigenvalue weighted by atomic mass is 19.1. The number of hydrogen-bond acceptors (Lipinski definition) is 6. The van der Waals surface area contributed by atoms with E-state index >= 15 is 0 Å². The van der Waals surface area contributed by atoms with Crippen molar-refractivity contribution in [1.82, 2.24) is 9.78 Å². The zero-order valence-corrected chi connectivity index (χ0v) is 17.8. The van der Waals surface area contributed by atoms with E-state index < -0.39 is 29.9 Å². The number of aromatic nitrogens is 2. The number of aryl methyl sites for hydroxylation is 2. The number of amides is 1. The second-order valence-electron chi connectivity index (χ2n) is 6.92. The average molecular weight is 439 g/mol. The predicted molar refractivity (Wildman–Crippen MR) is 116 cm³/mol. The van der Waals surface area contributed by atoms with Gasteiger partial charge in [0.1, 0.15) is 5.82 Å². The van der Waals surface area contributed by atoms with E-state index in [-0.39, 0.29) is 23.7 Å². The zero-order chi connectivity index (χ0) is 23.3. The summed E-state index contributed by atoms with van der Waals surface area (Å²) < 4.78 is 25.2. The number of nitrogens with one attached hydrogen (secondary N) is 1. The number of benzene rings is 2. The van der Waals surface area contributed by atoms with Crippen LogP contribution < -0.4 is 15.6 Å². The number of rotatable bonds is 7. The van der Waals surface area contributed by atoms with Gasteiger partial charge in [-0.1, -0.05) is 24.3 Å². The maximum absolute atomic E-state index is 13.7. The number of carbonyl (C=O) groups is 2. The van der Waals surface area contributed by atoms with Crippen molar-refractivity contribution in [3.8, 4) is 11.4 Å². The second-order valence-corrected chi connectivity index (χ2v) is 6.92. The molecule has 0 radical (unpaired) electrons. The van der Waals surface area contributed by atoms with Crippen molar-refractivity contribution in [3.63, 3.8) is 0 Å². The summed E-state index contributed by atoms with van der Waals surface area (Å²) in [5.41, 5.74) is 1.16. The Labute approximate surface area is 183 Å². The Kier molecular flexibility index (Phi) is 6.99. The van der Waals surface area contributed by atoms with E-state index in [4.69, 9.17) is 9.47 Å². The van der Waals surface area contributed by atoms with Gasteiger partial charge < -0.3 is 14.8 Å². The molecule has 0 bridgehead atoms. The lowest BCUT2D eigenvalue weighted by Crippen LogP contribution is -2.27. The second kappa shape index (κ2) is 9.86. The largest absolute Gasteiger partial charge is 0.481 e. The lowest BCUT2D eigenvalue weighted by atomic mass is 10.2. The van der Waals surface area contributed by atoms with Crippen molar-refractivity contribution < 1.29 is 23.5 Å². The van der Waals surface area contributed by atoms with Crippen molar-refractivity contribution in [2.24, 2.45) is 0 Å². The molecule has 0 aliphatic carbocycles. The lowest BCUT2D eigenvalue weighted by molar-refractivity contribution is -0.118. The number of ether oxygens (including phenoxy) is 2. The van der Waals surface area contributed by atoms with Crippen LogP contribution in [0.2, 0.25) is 0 Å². The van der Waals surface area contributed by atoms with Crippen molar-refractivity contribution in [3.05, 3.63) is 81.5 Å². The summed E-state index contributed by atoms with van der Waals surface area (Å²) in [6, 6.07) is 12.4. The van der Waals surface area contributed by atoms with Crippen molar-refractivity contribution >= 4 is 17.6 Å². The quantitative estimate of drug-likeness (QED) is 0.568. The van der Waals surface area contributed by atoms with Gasteiger partial charge in [-0.2, -0.15) is 9.78 Å². The molecule has 0 spiro atoms. The zero-order valence-electron chi connectivity index (χ0n) is 17.8. The molecule has 0 aliphatic heterocycles. The van der Waals surface area contributed by atoms with Gasteiger partial charge in [0.25, 0.3) is 11.5 Å². The van der Waals surface area contributed by atoms with Gasteiger partial charge in [-0.05, 0) is 50.1 Å². The fourth-order valence-electron chi connectivity index (χ4n) is 2.88. The van der Waals surface area contributed by atoms with Gasteiger partial charge in [0.05, 0.1) is 18.4 Å². The average Bonchev–Trinajstić information content (AvgIpc) is 2.75. The monoisotopic (exact) mass is 439 g/mol. The molecule has 2 aromatic carbocycles. The molecule has 0 aliphatic rings. The summed E-state index contributed by atoms with van der Waals surface area (Å²) in [5, 5.41) is 6.62. The first-order valence-electron chi connectivity index (χ1n) is 9.86. The van der Waals surface area contributed by atoms with Gasteiger partial charge in [-0.25, -0.2) is 9.18 Å². The number of esters is 1. The van der Waals surface area contributed by atoms with Crippen LogP contribution in [0.3, 0.4) is 0 Å².